The Kier molecular flexibility index (Phi) is 4.55. The Bertz CT molecular complexity index is 845. The lowest BCUT2D eigenvalue weighted by atomic mass is 10.0. The van der Waals surface area contributed by atoms with E-state index in [0.29, 0.717) is 11.3 Å². The van der Waals surface area contributed by atoms with Gasteiger partial charge in [-0.25, -0.2) is 17.9 Å². The van der Waals surface area contributed by atoms with Gasteiger partial charge < -0.3 is 9.84 Å². The van der Waals surface area contributed by atoms with Gasteiger partial charge in [0.1, 0.15) is 5.75 Å². The predicted molar refractivity (Wildman–Crippen MR) is 88.4 cm³/mol. The number of carbonyl (C=O) groups is 1. The maximum atomic E-state index is 12.4. The van der Waals surface area contributed by atoms with Crippen molar-refractivity contribution in [3.63, 3.8) is 0 Å². The smallest absolute Gasteiger partial charge is 0.341 e. The van der Waals surface area contributed by atoms with Gasteiger partial charge in [0, 0.05) is 11.6 Å². The standard InChI is InChI=1S/C17H17NO5S/c19-17(20)11-23-16-9-8-14(24(21,22)18-13-6-7-13)10-15(16)12-4-2-1-3-5-12/h1-5,8-10,13,18H,6-7,11H2,(H,19,20). The van der Waals surface area contributed by atoms with E-state index in [1.54, 1.807) is 0 Å². The second-order valence-corrected chi connectivity index (χ2v) is 7.32. The topological polar surface area (TPSA) is 92.7 Å². The first-order chi connectivity index (χ1) is 11.5. The van der Waals surface area contributed by atoms with Crippen LogP contribution in [0.1, 0.15) is 12.8 Å². The molecule has 6 nitrogen and oxygen atoms in total. The van der Waals surface area contributed by atoms with Gasteiger partial charge in [0.2, 0.25) is 10.0 Å². The quantitative estimate of drug-likeness (QED) is 0.801. The van der Waals surface area contributed by atoms with Gasteiger partial charge in [-0.1, -0.05) is 30.3 Å². The Morgan fingerprint density at radius 3 is 2.50 bits per heavy atom. The molecular formula is C17H17NO5S. The van der Waals surface area contributed by atoms with Crippen molar-refractivity contribution in [1.29, 1.82) is 0 Å². The molecule has 3 rings (SSSR count). The zero-order valence-electron chi connectivity index (χ0n) is 12.8. The van der Waals surface area contributed by atoms with E-state index >= 15 is 0 Å². The average molecular weight is 347 g/mol. The number of nitrogens with one attached hydrogen (secondary N) is 1. The second-order valence-electron chi connectivity index (χ2n) is 5.60. The summed E-state index contributed by atoms with van der Waals surface area (Å²) >= 11 is 0. The van der Waals surface area contributed by atoms with Gasteiger partial charge in [-0.15, -0.1) is 0 Å². The first-order valence-electron chi connectivity index (χ1n) is 7.52. The molecule has 2 aromatic rings. The van der Waals surface area contributed by atoms with E-state index in [4.69, 9.17) is 9.84 Å². The molecule has 0 bridgehead atoms. The van der Waals surface area contributed by atoms with Crippen molar-refractivity contribution < 1.29 is 23.1 Å². The number of ether oxygens (including phenoxy) is 1. The minimum Gasteiger partial charge on any atom is -0.481 e. The molecule has 0 saturated heterocycles. The molecule has 1 aliphatic rings. The van der Waals surface area contributed by atoms with E-state index < -0.39 is 22.6 Å². The van der Waals surface area contributed by atoms with Gasteiger partial charge in [-0.2, -0.15) is 0 Å². The molecule has 2 N–H and O–H groups in total. The minimum absolute atomic E-state index is 0.0121. The van der Waals surface area contributed by atoms with Gasteiger partial charge >= 0.3 is 5.97 Å². The van der Waals surface area contributed by atoms with Crippen LogP contribution in [0.15, 0.2) is 53.4 Å². The van der Waals surface area contributed by atoms with E-state index in [9.17, 15) is 13.2 Å². The maximum absolute atomic E-state index is 12.4. The Hall–Kier alpha value is -2.38. The third-order valence-electron chi connectivity index (χ3n) is 3.60. The van der Waals surface area contributed by atoms with Crippen LogP contribution in [0.2, 0.25) is 0 Å². The molecule has 0 aromatic heterocycles. The van der Waals surface area contributed by atoms with Crippen LogP contribution in [0.25, 0.3) is 11.1 Å². The van der Waals surface area contributed by atoms with E-state index in [0.717, 1.165) is 18.4 Å². The summed E-state index contributed by atoms with van der Waals surface area (Å²) in [6, 6.07) is 13.5. The van der Waals surface area contributed by atoms with Crippen molar-refractivity contribution in [3.05, 3.63) is 48.5 Å². The largest absolute Gasteiger partial charge is 0.481 e. The molecular weight excluding hydrogens is 330 g/mol. The summed E-state index contributed by atoms with van der Waals surface area (Å²) < 4.78 is 32.7. The maximum Gasteiger partial charge on any atom is 0.341 e. The molecule has 0 atom stereocenters. The van der Waals surface area contributed by atoms with Gasteiger partial charge in [0.25, 0.3) is 0 Å². The van der Waals surface area contributed by atoms with Crippen molar-refractivity contribution in [2.45, 2.75) is 23.8 Å². The molecule has 0 radical (unpaired) electrons. The third-order valence-corrected chi connectivity index (χ3v) is 5.11. The number of benzene rings is 2. The fraction of sp³-hybridized carbons (Fsp3) is 0.235. The fourth-order valence-electron chi connectivity index (χ4n) is 2.27. The lowest BCUT2D eigenvalue weighted by Gasteiger charge is -2.13. The number of hydrogen-bond donors (Lipinski definition) is 2. The van der Waals surface area contributed by atoms with Crippen LogP contribution in [0, 0.1) is 0 Å². The van der Waals surface area contributed by atoms with Crippen LogP contribution in [0.5, 0.6) is 5.75 Å². The Labute approximate surface area is 140 Å². The van der Waals surface area contributed by atoms with Crippen molar-refractivity contribution in [1.82, 2.24) is 4.72 Å². The van der Waals surface area contributed by atoms with Gasteiger partial charge in [-0.05, 0) is 36.6 Å². The zero-order chi connectivity index (χ0) is 17.2. The van der Waals surface area contributed by atoms with Crippen LogP contribution < -0.4 is 9.46 Å². The highest BCUT2D eigenvalue weighted by atomic mass is 32.2. The second kappa shape index (κ2) is 6.62. The van der Waals surface area contributed by atoms with Crippen molar-refractivity contribution in [3.8, 4) is 16.9 Å². The van der Waals surface area contributed by atoms with Gasteiger partial charge in [-0.3, -0.25) is 0 Å². The van der Waals surface area contributed by atoms with Crippen LogP contribution >= 0.6 is 0 Å². The lowest BCUT2D eigenvalue weighted by Crippen LogP contribution is -2.25. The summed E-state index contributed by atoms with van der Waals surface area (Å²) in [6.07, 6.45) is 1.70. The molecule has 0 spiro atoms. The van der Waals surface area contributed by atoms with Crippen LogP contribution in [0.3, 0.4) is 0 Å². The molecule has 24 heavy (non-hydrogen) atoms. The SMILES string of the molecule is O=C(O)COc1ccc(S(=O)(=O)NC2CC2)cc1-c1ccccc1. The van der Waals surface area contributed by atoms with Crippen molar-refractivity contribution in [2.75, 3.05) is 6.61 Å². The highest BCUT2D eigenvalue weighted by molar-refractivity contribution is 7.89. The monoisotopic (exact) mass is 347 g/mol. The number of hydrogen-bond acceptors (Lipinski definition) is 4. The number of aliphatic carboxylic acids is 1. The summed E-state index contributed by atoms with van der Waals surface area (Å²) in [7, 11) is -3.60. The van der Waals surface area contributed by atoms with E-state index in [1.807, 2.05) is 30.3 Å². The van der Waals surface area contributed by atoms with E-state index in [1.165, 1.54) is 18.2 Å². The summed E-state index contributed by atoms with van der Waals surface area (Å²) in [5.74, 6) is -0.768. The minimum atomic E-state index is -3.60. The van der Waals surface area contributed by atoms with E-state index in [2.05, 4.69) is 4.72 Å². The predicted octanol–water partition coefficient (Wildman–Crippen LogP) is 2.26. The molecule has 2 aromatic carbocycles. The Morgan fingerprint density at radius 1 is 1.17 bits per heavy atom. The fourth-order valence-corrected chi connectivity index (χ4v) is 3.60. The van der Waals surface area contributed by atoms with Gasteiger partial charge in [0.05, 0.1) is 4.90 Å². The van der Waals surface area contributed by atoms with Crippen molar-refractivity contribution >= 4 is 16.0 Å². The Morgan fingerprint density at radius 2 is 1.88 bits per heavy atom. The number of carboxylic acids is 1. The Balaban J connectivity index is 2.00. The number of rotatable bonds is 7. The van der Waals surface area contributed by atoms with Crippen LogP contribution in [-0.2, 0) is 14.8 Å². The zero-order valence-corrected chi connectivity index (χ0v) is 13.6. The molecule has 0 unspecified atom stereocenters. The molecule has 1 aliphatic carbocycles. The first kappa shape index (κ1) is 16.5. The highest BCUT2D eigenvalue weighted by Gasteiger charge is 2.28. The molecule has 1 fully saturated rings. The van der Waals surface area contributed by atoms with Crippen molar-refractivity contribution in [2.24, 2.45) is 0 Å². The summed E-state index contributed by atoms with van der Waals surface area (Å²) in [5, 5.41) is 8.80. The normalized spacial score (nSPS) is 14.3. The summed E-state index contributed by atoms with van der Waals surface area (Å²) in [6.45, 7) is -0.494. The number of sulfonamides is 1. The average Bonchev–Trinajstić information content (AvgIpc) is 3.37. The number of carboxylic acid groups (broad SMARTS) is 1. The lowest BCUT2D eigenvalue weighted by molar-refractivity contribution is -0.139. The molecule has 1 saturated carbocycles. The first-order valence-corrected chi connectivity index (χ1v) is 9.00. The van der Waals surface area contributed by atoms with Crippen LogP contribution in [0.4, 0.5) is 0 Å². The van der Waals surface area contributed by atoms with E-state index in [-0.39, 0.29) is 10.9 Å². The highest BCUT2D eigenvalue weighted by Crippen LogP contribution is 2.33. The van der Waals surface area contributed by atoms with Crippen LogP contribution in [-0.4, -0.2) is 32.1 Å². The molecule has 126 valence electrons. The molecule has 0 heterocycles. The molecule has 0 amide bonds. The third kappa shape index (κ3) is 3.93. The molecule has 0 aliphatic heterocycles. The summed E-state index contributed by atoms with van der Waals surface area (Å²) in [5.41, 5.74) is 1.29. The molecule has 7 heteroatoms. The summed E-state index contributed by atoms with van der Waals surface area (Å²) in [4.78, 5) is 10.9. The van der Waals surface area contributed by atoms with Gasteiger partial charge in [0.15, 0.2) is 6.61 Å².